The van der Waals surface area contributed by atoms with Crippen molar-refractivity contribution in [3.05, 3.63) is 42.6 Å². The Morgan fingerprint density at radius 2 is 1.95 bits per heavy atom. The van der Waals surface area contributed by atoms with Gasteiger partial charge in [-0.15, -0.1) is 0 Å². The van der Waals surface area contributed by atoms with E-state index in [2.05, 4.69) is 17.2 Å². The molecule has 0 amide bonds. The summed E-state index contributed by atoms with van der Waals surface area (Å²) in [5.74, 6) is -2.39. The Bertz CT molecular complexity index is 544. The Kier molecular flexibility index (Phi) is 5.35. The van der Waals surface area contributed by atoms with Crippen LogP contribution in [0, 0.1) is 0 Å². The molecule has 1 heterocycles. The Balaban J connectivity index is 2.14. The molecule has 0 aliphatic rings. The van der Waals surface area contributed by atoms with Crippen LogP contribution in [-0.4, -0.2) is 17.3 Å². The maximum absolute atomic E-state index is 12.3. The predicted molar refractivity (Wildman–Crippen MR) is 80.3 cm³/mol. The van der Waals surface area contributed by atoms with Crippen molar-refractivity contribution in [3.63, 3.8) is 0 Å². The third-order valence-corrected chi connectivity index (χ3v) is 3.44. The standard InChI is InChI=1S/C15H16F2N2S/c1-2-8-18-12-7-9-19-14(10-12)11-3-5-13(6-4-11)20-15(16)17/h3-7,9-10,15H,2,8H2,1H3,(H,18,19). The SMILES string of the molecule is CCCNc1ccnc(-c2ccc(SC(F)F)cc2)c1. The summed E-state index contributed by atoms with van der Waals surface area (Å²) in [6, 6.07) is 10.9. The van der Waals surface area contributed by atoms with Gasteiger partial charge in [-0.05, 0) is 30.7 Å². The molecular formula is C15H16F2N2S. The maximum atomic E-state index is 12.3. The van der Waals surface area contributed by atoms with Crippen LogP contribution in [0.3, 0.4) is 0 Å². The van der Waals surface area contributed by atoms with Crippen LogP contribution in [0.1, 0.15) is 13.3 Å². The molecule has 1 N–H and O–H groups in total. The number of thioether (sulfide) groups is 1. The van der Waals surface area contributed by atoms with Crippen LogP contribution in [-0.2, 0) is 0 Å². The predicted octanol–water partition coefficient (Wildman–Crippen LogP) is 4.89. The Hall–Kier alpha value is -1.62. The monoisotopic (exact) mass is 294 g/mol. The van der Waals surface area contributed by atoms with Crippen molar-refractivity contribution in [1.29, 1.82) is 0 Å². The average Bonchev–Trinajstić information content (AvgIpc) is 2.45. The summed E-state index contributed by atoms with van der Waals surface area (Å²) < 4.78 is 24.5. The normalized spacial score (nSPS) is 10.8. The van der Waals surface area contributed by atoms with Crippen LogP contribution in [0.2, 0.25) is 0 Å². The van der Waals surface area contributed by atoms with Crippen LogP contribution in [0.5, 0.6) is 0 Å². The van der Waals surface area contributed by atoms with Gasteiger partial charge in [0.1, 0.15) is 0 Å². The van der Waals surface area contributed by atoms with Crippen molar-refractivity contribution < 1.29 is 8.78 Å². The minimum atomic E-state index is -2.39. The van der Waals surface area contributed by atoms with E-state index in [0.717, 1.165) is 29.9 Å². The highest BCUT2D eigenvalue weighted by Gasteiger charge is 2.06. The summed E-state index contributed by atoms with van der Waals surface area (Å²) in [4.78, 5) is 4.87. The number of aromatic nitrogens is 1. The zero-order chi connectivity index (χ0) is 14.4. The lowest BCUT2D eigenvalue weighted by atomic mass is 10.1. The number of alkyl halides is 2. The van der Waals surface area contributed by atoms with Crippen molar-refractivity contribution in [2.75, 3.05) is 11.9 Å². The molecular weight excluding hydrogens is 278 g/mol. The van der Waals surface area contributed by atoms with Gasteiger partial charge in [-0.25, -0.2) is 0 Å². The van der Waals surface area contributed by atoms with Crippen molar-refractivity contribution >= 4 is 17.4 Å². The minimum absolute atomic E-state index is 0.550. The van der Waals surface area contributed by atoms with Crippen LogP contribution in [0.4, 0.5) is 14.5 Å². The maximum Gasteiger partial charge on any atom is 0.288 e. The third kappa shape index (κ3) is 4.20. The topological polar surface area (TPSA) is 24.9 Å². The molecule has 0 unspecified atom stereocenters. The second-order valence-corrected chi connectivity index (χ2v) is 5.32. The van der Waals surface area contributed by atoms with Gasteiger partial charge in [-0.2, -0.15) is 8.78 Å². The van der Waals surface area contributed by atoms with E-state index >= 15 is 0 Å². The minimum Gasteiger partial charge on any atom is -0.385 e. The van der Waals surface area contributed by atoms with E-state index < -0.39 is 5.76 Å². The van der Waals surface area contributed by atoms with Crippen LogP contribution < -0.4 is 5.32 Å². The van der Waals surface area contributed by atoms with E-state index in [1.165, 1.54) is 0 Å². The van der Waals surface area contributed by atoms with E-state index in [1.807, 2.05) is 24.3 Å². The fourth-order valence-electron chi connectivity index (χ4n) is 1.77. The summed E-state index contributed by atoms with van der Waals surface area (Å²) >= 11 is 0.550. The first-order valence-electron chi connectivity index (χ1n) is 6.44. The van der Waals surface area contributed by atoms with Gasteiger partial charge in [-0.1, -0.05) is 30.8 Å². The number of nitrogens with zero attached hydrogens (tertiary/aromatic N) is 1. The molecule has 2 nitrogen and oxygen atoms in total. The van der Waals surface area contributed by atoms with Crippen LogP contribution in [0.25, 0.3) is 11.3 Å². The molecule has 5 heteroatoms. The largest absolute Gasteiger partial charge is 0.385 e. The summed E-state index contributed by atoms with van der Waals surface area (Å²) in [6.45, 7) is 3.02. The van der Waals surface area contributed by atoms with Gasteiger partial charge in [0.25, 0.3) is 5.76 Å². The molecule has 0 aliphatic carbocycles. The summed E-state index contributed by atoms with van der Waals surface area (Å²) in [7, 11) is 0. The molecule has 0 spiro atoms. The lowest BCUT2D eigenvalue weighted by Crippen LogP contribution is -1.99. The van der Waals surface area contributed by atoms with E-state index in [4.69, 9.17) is 0 Å². The Morgan fingerprint density at radius 3 is 2.60 bits per heavy atom. The quantitative estimate of drug-likeness (QED) is 0.768. The van der Waals surface area contributed by atoms with Gasteiger partial charge >= 0.3 is 0 Å². The molecule has 0 radical (unpaired) electrons. The number of benzene rings is 1. The second-order valence-electron chi connectivity index (χ2n) is 4.26. The van der Waals surface area contributed by atoms with E-state index in [1.54, 1.807) is 18.3 Å². The fourth-order valence-corrected chi connectivity index (χ4v) is 2.27. The second kappa shape index (κ2) is 7.24. The first-order chi connectivity index (χ1) is 9.69. The molecule has 20 heavy (non-hydrogen) atoms. The molecule has 0 saturated carbocycles. The number of hydrogen-bond acceptors (Lipinski definition) is 3. The molecule has 1 aromatic carbocycles. The van der Waals surface area contributed by atoms with Crippen molar-refractivity contribution in [3.8, 4) is 11.3 Å². The molecule has 0 atom stereocenters. The molecule has 2 rings (SSSR count). The van der Waals surface area contributed by atoms with Gasteiger partial charge in [0.15, 0.2) is 0 Å². The highest BCUT2D eigenvalue weighted by atomic mass is 32.2. The number of hydrogen-bond donors (Lipinski definition) is 1. The van der Waals surface area contributed by atoms with Gasteiger partial charge in [0.05, 0.1) is 5.69 Å². The number of rotatable bonds is 6. The highest BCUT2D eigenvalue weighted by Crippen LogP contribution is 2.28. The molecule has 0 aliphatic heterocycles. The number of pyridine rings is 1. The van der Waals surface area contributed by atoms with Gasteiger partial charge < -0.3 is 5.32 Å². The highest BCUT2D eigenvalue weighted by molar-refractivity contribution is 7.99. The van der Waals surface area contributed by atoms with Crippen LogP contribution >= 0.6 is 11.8 Å². The lowest BCUT2D eigenvalue weighted by molar-refractivity contribution is 0.252. The third-order valence-electron chi connectivity index (χ3n) is 2.71. The zero-order valence-electron chi connectivity index (χ0n) is 11.1. The van der Waals surface area contributed by atoms with E-state index in [-0.39, 0.29) is 0 Å². The number of halogens is 2. The van der Waals surface area contributed by atoms with Crippen molar-refractivity contribution in [1.82, 2.24) is 4.98 Å². The van der Waals surface area contributed by atoms with Gasteiger partial charge in [0, 0.05) is 28.9 Å². The Labute approximate surface area is 121 Å². The molecule has 106 valence electrons. The lowest BCUT2D eigenvalue weighted by Gasteiger charge is -2.07. The summed E-state index contributed by atoms with van der Waals surface area (Å²) in [5, 5.41) is 3.30. The first-order valence-corrected chi connectivity index (χ1v) is 7.32. The van der Waals surface area contributed by atoms with Crippen molar-refractivity contribution in [2.24, 2.45) is 0 Å². The van der Waals surface area contributed by atoms with Gasteiger partial charge in [-0.3, -0.25) is 4.98 Å². The fraction of sp³-hybridized carbons (Fsp3) is 0.267. The van der Waals surface area contributed by atoms with Gasteiger partial charge in [0.2, 0.25) is 0 Å². The summed E-state index contributed by atoms with van der Waals surface area (Å²) in [5.41, 5.74) is 2.77. The number of nitrogens with one attached hydrogen (secondary N) is 1. The first kappa shape index (κ1) is 14.8. The Morgan fingerprint density at radius 1 is 1.20 bits per heavy atom. The number of anilines is 1. The van der Waals surface area contributed by atoms with Crippen LogP contribution in [0.15, 0.2) is 47.5 Å². The van der Waals surface area contributed by atoms with E-state index in [0.29, 0.717) is 16.7 Å². The molecule has 0 bridgehead atoms. The van der Waals surface area contributed by atoms with Crippen molar-refractivity contribution in [2.45, 2.75) is 24.0 Å². The average molecular weight is 294 g/mol. The van der Waals surface area contributed by atoms with E-state index in [9.17, 15) is 8.78 Å². The molecule has 1 aromatic heterocycles. The molecule has 0 fully saturated rings. The zero-order valence-corrected chi connectivity index (χ0v) is 12.0. The molecule has 2 aromatic rings. The smallest absolute Gasteiger partial charge is 0.288 e. The molecule has 0 saturated heterocycles. The summed E-state index contributed by atoms with van der Waals surface area (Å²) in [6.07, 6.45) is 2.80.